The van der Waals surface area contributed by atoms with Gasteiger partial charge < -0.3 is 4.57 Å². The van der Waals surface area contributed by atoms with Gasteiger partial charge in [0.05, 0.1) is 12.3 Å². The van der Waals surface area contributed by atoms with E-state index in [0.717, 1.165) is 5.69 Å². The molecule has 0 saturated heterocycles. The fraction of sp³-hybridized carbons (Fsp3) is 0.118. The number of hydrogen-bond acceptors (Lipinski definition) is 1. The van der Waals surface area contributed by atoms with E-state index in [-0.39, 0.29) is 6.04 Å². The molecule has 0 saturated carbocycles. The van der Waals surface area contributed by atoms with Crippen molar-refractivity contribution in [2.45, 2.75) is 13.0 Å². The van der Waals surface area contributed by atoms with E-state index in [0.29, 0.717) is 0 Å². The van der Waals surface area contributed by atoms with Crippen molar-refractivity contribution in [3.05, 3.63) is 66.9 Å². The standard InChI is InChI=1S/C17H17N3/c1-14(13-18-19-16-8-3-2-4-9-16)20-12-11-15-7-5-6-10-17(15)20/h2-14,19H,1H3/p+1/b18-13-/t14-/m1/s1. The van der Waals surface area contributed by atoms with Gasteiger partial charge in [-0.2, -0.15) is 5.43 Å². The van der Waals surface area contributed by atoms with Crippen molar-refractivity contribution in [2.75, 3.05) is 0 Å². The summed E-state index contributed by atoms with van der Waals surface area (Å²) in [6.45, 7) is 2.15. The molecular formula is C17H18N3+. The molecule has 0 radical (unpaired) electrons. The molecule has 100 valence electrons. The SMILES string of the molecule is C[C@H](/C=N\[NH2+]c1ccccc1)n1ccc2ccccc21. The molecule has 3 aromatic rings. The van der Waals surface area contributed by atoms with E-state index < -0.39 is 0 Å². The Bertz CT molecular complexity index is 713. The average molecular weight is 264 g/mol. The lowest BCUT2D eigenvalue weighted by Crippen LogP contribution is -2.71. The molecule has 2 aromatic carbocycles. The van der Waals surface area contributed by atoms with Crippen LogP contribution in [0.5, 0.6) is 0 Å². The lowest BCUT2D eigenvalue weighted by Gasteiger charge is -2.09. The molecule has 3 nitrogen and oxygen atoms in total. The van der Waals surface area contributed by atoms with Crippen molar-refractivity contribution in [2.24, 2.45) is 5.10 Å². The van der Waals surface area contributed by atoms with Gasteiger partial charge in [0.15, 0.2) is 5.69 Å². The fourth-order valence-corrected chi connectivity index (χ4v) is 2.32. The third-order valence-electron chi connectivity index (χ3n) is 3.39. The number of nitrogens with two attached hydrogens (primary N) is 1. The van der Waals surface area contributed by atoms with Gasteiger partial charge in [-0.15, -0.1) is 0 Å². The molecule has 0 aliphatic rings. The Morgan fingerprint density at radius 3 is 2.60 bits per heavy atom. The Kier molecular flexibility index (Phi) is 3.61. The minimum atomic E-state index is 0.231. The number of rotatable bonds is 4. The monoisotopic (exact) mass is 264 g/mol. The molecule has 2 N–H and O–H groups in total. The molecule has 0 aliphatic heterocycles. The maximum Gasteiger partial charge on any atom is 0.155 e. The average Bonchev–Trinajstić information content (AvgIpc) is 2.92. The predicted octanol–water partition coefficient (Wildman–Crippen LogP) is 3.08. The fourth-order valence-electron chi connectivity index (χ4n) is 2.32. The second kappa shape index (κ2) is 5.72. The van der Waals surface area contributed by atoms with E-state index >= 15 is 0 Å². The molecule has 0 spiro atoms. The summed E-state index contributed by atoms with van der Waals surface area (Å²) in [5.74, 6) is 0. The first-order valence-corrected chi connectivity index (χ1v) is 6.82. The summed E-state index contributed by atoms with van der Waals surface area (Å²) in [5.41, 5.74) is 4.25. The second-order valence-electron chi connectivity index (χ2n) is 4.86. The third kappa shape index (κ3) is 2.63. The summed E-state index contributed by atoms with van der Waals surface area (Å²) >= 11 is 0. The van der Waals surface area contributed by atoms with Gasteiger partial charge in [0.2, 0.25) is 0 Å². The van der Waals surface area contributed by atoms with Crippen LogP contribution in [0.4, 0.5) is 5.69 Å². The van der Waals surface area contributed by atoms with Crippen LogP contribution in [0, 0.1) is 0 Å². The quantitative estimate of drug-likeness (QED) is 0.325. The smallest absolute Gasteiger partial charge is 0.155 e. The number of aromatic nitrogens is 1. The Hall–Kier alpha value is -2.39. The molecule has 0 aliphatic carbocycles. The summed E-state index contributed by atoms with van der Waals surface area (Å²) in [4.78, 5) is 0. The predicted molar refractivity (Wildman–Crippen MR) is 83.2 cm³/mol. The maximum atomic E-state index is 4.43. The van der Waals surface area contributed by atoms with Gasteiger partial charge in [-0.1, -0.05) is 41.5 Å². The Labute approximate surface area is 118 Å². The van der Waals surface area contributed by atoms with E-state index in [1.807, 2.05) is 42.0 Å². The largest absolute Gasteiger partial charge is 0.339 e. The molecule has 0 bridgehead atoms. The number of hydrogen-bond donors (Lipinski definition) is 1. The highest BCUT2D eigenvalue weighted by atomic mass is 15.3. The van der Waals surface area contributed by atoms with Crippen molar-refractivity contribution >= 4 is 22.8 Å². The van der Waals surface area contributed by atoms with E-state index in [9.17, 15) is 0 Å². The van der Waals surface area contributed by atoms with E-state index in [1.54, 1.807) is 0 Å². The van der Waals surface area contributed by atoms with Crippen molar-refractivity contribution in [3.63, 3.8) is 0 Å². The normalized spacial score (nSPS) is 13.1. The van der Waals surface area contributed by atoms with Crippen LogP contribution in [0.1, 0.15) is 13.0 Å². The maximum absolute atomic E-state index is 4.43. The highest BCUT2D eigenvalue weighted by Gasteiger charge is 2.05. The molecule has 1 heterocycles. The minimum Gasteiger partial charge on any atom is -0.339 e. The zero-order chi connectivity index (χ0) is 13.8. The van der Waals surface area contributed by atoms with Gasteiger partial charge in [0.25, 0.3) is 0 Å². The van der Waals surface area contributed by atoms with Gasteiger partial charge >= 0.3 is 0 Å². The van der Waals surface area contributed by atoms with Crippen LogP contribution >= 0.6 is 0 Å². The van der Waals surface area contributed by atoms with Crippen LogP contribution in [0.25, 0.3) is 10.9 Å². The van der Waals surface area contributed by atoms with E-state index in [1.165, 1.54) is 10.9 Å². The number of nitrogens with zero attached hydrogens (tertiary/aromatic N) is 2. The van der Waals surface area contributed by atoms with Crippen molar-refractivity contribution < 1.29 is 5.43 Å². The zero-order valence-corrected chi connectivity index (χ0v) is 11.5. The van der Waals surface area contributed by atoms with Crippen LogP contribution in [-0.2, 0) is 0 Å². The summed E-state index contributed by atoms with van der Waals surface area (Å²) in [5, 5.41) is 5.70. The summed E-state index contributed by atoms with van der Waals surface area (Å²) in [7, 11) is 0. The van der Waals surface area contributed by atoms with Gasteiger partial charge in [-0.05, 0) is 24.4 Å². The zero-order valence-electron chi connectivity index (χ0n) is 11.5. The first-order chi connectivity index (χ1) is 9.84. The molecule has 20 heavy (non-hydrogen) atoms. The molecule has 1 atom stereocenters. The molecule has 0 fully saturated rings. The van der Waals surface area contributed by atoms with Crippen molar-refractivity contribution in [3.8, 4) is 0 Å². The minimum absolute atomic E-state index is 0.231. The molecule has 3 heteroatoms. The number of benzene rings is 2. The summed E-state index contributed by atoms with van der Waals surface area (Å²) < 4.78 is 2.23. The third-order valence-corrected chi connectivity index (χ3v) is 3.39. The lowest BCUT2D eigenvalue weighted by molar-refractivity contribution is -0.577. The lowest BCUT2D eigenvalue weighted by atomic mass is 10.2. The molecular weight excluding hydrogens is 246 g/mol. The Morgan fingerprint density at radius 2 is 1.75 bits per heavy atom. The van der Waals surface area contributed by atoms with Crippen molar-refractivity contribution in [1.82, 2.24) is 4.57 Å². The van der Waals surface area contributed by atoms with Gasteiger partial charge in [0.1, 0.15) is 0 Å². The number of quaternary nitrogens is 1. The Morgan fingerprint density at radius 1 is 1.00 bits per heavy atom. The van der Waals surface area contributed by atoms with Crippen molar-refractivity contribution in [1.29, 1.82) is 0 Å². The topological polar surface area (TPSA) is 33.9 Å². The molecule has 0 unspecified atom stereocenters. The first kappa shape index (κ1) is 12.6. The van der Waals surface area contributed by atoms with E-state index in [4.69, 9.17) is 0 Å². The molecule has 0 amide bonds. The molecule has 3 rings (SSSR count). The van der Waals surface area contributed by atoms with Crippen LogP contribution < -0.4 is 5.43 Å². The highest BCUT2D eigenvalue weighted by Crippen LogP contribution is 2.18. The summed E-state index contributed by atoms with van der Waals surface area (Å²) in [6, 6.07) is 20.9. The first-order valence-electron chi connectivity index (χ1n) is 6.82. The Balaban J connectivity index is 1.74. The van der Waals surface area contributed by atoms with E-state index in [2.05, 4.69) is 53.1 Å². The van der Waals surface area contributed by atoms with Crippen LogP contribution in [-0.4, -0.2) is 10.8 Å². The van der Waals surface area contributed by atoms with Gasteiger partial charge in [-0.3, -0.25) is 0 Å². The van der Waals surface area contributed by atoms with Gasteiger partial charge in [0, 0.05) is 23.8 Å². The van der Waals surface area contributed by atoms with Crippen LogP contribution in [0.15, 0.2) is 72.0 Å². The highest BCUT2D eigenvalue weighted by molar-refractivity contribution is 5.81. The summed E-state index contributed by atoms with van der Waals surface area (Å²) in [6.07, 6.45) is 4.09. The van der Waals surface area contributed by atoms with Crippen LogP contribution in [0.3, 0.4) is 0 Å². The molecule has 1 aromatic heterocycles. The van der Waals surface area contributed by atoms with Crippen LogP contribution in [0.2, 0.25) is 0 Å². The number of para-hydroxylation sites is 1. The van der Waals surface area contributed by atoms with Gasteiger partial charge in [-0.25, -0.2) is 0 Å². The number of fused-ring (bicyclic) bond motifs is 1. The second-order valence-corrected chi connectivity index (χ2v) is 4.86.